The summed E-state index contributed by atoms with van der Waals surface area (Å²) in [6.45, 7) is 6.66. The minimum atomic E-state index is 0.487. The van der Waals surface area contributed by atoms with Gasteiger partial charge in [0.25, 0.3) is 0 Å². The number of rotatable bonds is 36. The molecule has 0 fully saturated rings. The molecule has 0 N–H and O–H groups in total. The number of allylic oxidation sites excluding steroid dienone is 8. The summed E-state index contributed by atoms with van der Waals surface area (Å²) in [5, 5.41) is 0. The van der Waals surface area contributed by atoms with Gasteiger partial charge in [0.1, 0.15) is 0 Å². The van der Waals surface area contributed by atoms with Crippen molar-refractivity contribution < 1.29 is 4.74 Å². The van der Waals surface area contributed by atoms with E-state index in [0.717, 1.165) is 19.4 Å². The first-order valence-corrected chi connectivity index (χ1v) is 20.1. The van der Waals surface area contributed by atoms with Gasteiger partial charge in [-0.3, -0.25) is 0 Å². The van der Waals surface area contributed by atoms with Gasteiger partial charge in [0.05, 0.1) is 6.10 Å². The Kier molecular flexibility index (Phi) is 38.1. The summed E-state index contributed by atoms with van der Waals surface area (Å²) in [6, 6.07) is 0. The smallest absolute Gasteiger partial charge is 0.0575 e. The molecule has 0 bridgehead atoms. The van der Waals surface area contributed by atoms with Crippen molar-refractivity contribution in [1.82, 2.24) is 4.90 Å². The molecule has 0 aromatic heterocycles. The van der Waals surface area contributed by atoms with Crippen LogP contribution in [0.25, 0.3) is 0 Å². The minimum Gasteiger partial charge on any atom is -0.378 e. The number of ether oxygens (including phenoxy) is 1. The van der Waals surface area contributed by atoms with Crippen molar-refractivity contribution in [2.45, 2.75) is 200 Å². The van der Waals surface area contributed by atoms with Gasteiger partial charge >= 0.3 is 0 Å². The lowest BCUT2D eigenvalue weighted by Gasteiger charge is -2.18. The van der Waals surface area contributed by atoms with E-state index in [1.807, 2.05) is 0 Å². The van der Waals surface area contributed by atoms with Crippen LogP contribution in [0, 0.1) is 0 Å². The third-order valence-corrected chi connectivity index (χ3v) is 8.81. The van der Waals surface area contributed by atoms with Crippen LogP contribution in [-0.4, -0.2) is 38.3 Å². The van der Waals surface area contributed by atoms with E-state index in [1.165, 1.54) is 173 Å². The van der Waals surface area contributed by atoms with Gasteiger partial charge in [-0.1, -0.05) is 152 Å². The molecule has 0 spiro atoms. The topological polar surface area (TPSA) is 12.5 Å². The zero-order valence-corrected chi connectivity index (χ0v) is 31.3. The zero-order valence-electron chi connectivity index (χ0n) is 31.3. The van der Waals surface area contributed by atoms with Gasteiger partial charge < -0.3 is 9.64 Å². The summed E-state index contributed by atoms with van der Waals surface area (Å²) >= 11 is 0. The third-order valence-electron chi connectivity index (χ3n) is 8.81. The van der Waals surface area contributed by atoms with Gasteiger partial charge in [-0.05, 0) is 111 Å². The van der Waals surface area contributed by atoms with Gasteiger partial charge in [0.15, 0.2) is 0 Å². The molecule has 0 saturated carbocycles. The van der Waals surface area contributed by atoms with Crippen LogP contribution in [0.2, 0.25) is 0 Å². The zero-order chi connectivity index (χ0) is 32.7. The first-order valence-electron chi connectivity index (χ1n) is 20.1. The number of hydrogen-bond acceptors (Lipinski definition) is 2. The lowest BCUT2D eigenvalue weighted by atomic mass is 10.0. The molecule has 0 atom stereocenters. The fourth-order valence-electron chi connectivity index (χ4n) is 5.81. The molecule has 0 radical (unpaired) electrons. The molecule has 0 saturated heterocycles. The van der Waals surface area contributed by atoms with Gasteiger partial charge in [-0.2, -0.15) is 0 Å². The SMILES string of the molecule is CCCCCC=CCC=CCCCCCCCCC(CCCCCCCCC=CCC=CCCCCC)OCCCCN(C)C. The predicted octanol–water partition coefficient (Wildman–Crippen LogP) is 14.1. The molecule has 0 aliphatic heterocycles. The summed E-state index contributed by atoms with van der Waals surface area (Å²) < 4.78 is 6.43. The summed E-state index contributed by atoms with van der Waals surface area (Å²) in [4.78, 5) is 2.28. The standard InChI is InChI=1S/C43H81NO/c1-5-7-9-11-13-15-17-19-21-23-25-27-29-31-33-35-39-43(45-42-38-37-41-44(3)4)40-36-34-32-30-28-26-24-22-20-18-16-14-12-10-8-6-2/h13-16,19-22,43H,5-12,17-18,23-42H2,1-4H3. The van der Waals surface area contributed by atoms with Gasteiger partial charge in [-0.25, -0.2) is 0 Å². The van der Waals surface area contributed by atoms with Crippen molar-refractivity contribution in [1.29, 1.82) is 0 Å². The van der Waals surface area contributed by atoms with E-state index in [4.69, 9.17) is 4.74 Å². The van der Waals surface area contributed by atoms with Crippen LogP contribution in [0.5, 0.6) is 0 Å². The molecule has 0 aliphatic rings. The molecule has 2 heteroatoms. The Labute approximate surface area is 284 Å². The molecule has 45 heavy (non-hydrogen) atoms. The molecule has 0 heterocycles. The third kappa shape index (κ3) is 39.0. The van der Waals surface area contributed by atoms with Crippen molar-refractivity contribution >= 4 is 0 Å². The van der Waals surface area contributed by atoms with Gasteiger partial charge in [0, 0.05) is 6.61 Å². The van der Waals surface area contributed by atoms with Crippen molar-refractivity contribution in [3.05, 3.63) is 48.6 Å². The lowest BCUT2D eigenvalue weighted by molar-refractivity contribution is 0.0353. The van der Waals surface area contributed by atoms with Gasteiger partial charge in [-0.15, -0.1) is 0 Å². The van der Waals surface area contributed by atoms with Crippen LogP contribution in [0.15, 0.2) is 48.6 Å². The van der Waals surface area contributed by atoms with E-state index in [-0.39, 0.29) is 0 Å². The second-order valence-electron chi connectivity index (χ2n) is 13.7. The normalized spacial score (nSPS) is 13.2. The average molecular weight is 628 g/mol. The van der Waals surface area contributed by atoms with E-state index in [9.17, 15) is 0 Å². The van der Waals surface area contributed by atoms with Crippen LogP contribution in [0.1, 0.15) is 194 Å². The highest BCUT2D eigenvalue weighted by atomic mass is 16.5. The highest BCUT2D eigenvalue weighted by Gasteiger charge is 2.09. The fraction of sp³-hybridized carbons (Fsp3) is 0.814. The summed E-state index contributed by atoms with van der Waals surface area (Å²) in [5.74, 6) is 0. The maximum absolute atomic E-state index is 6.43. The number of hydrogen-bond donors (Lipinski definition) is 0. The maximum Gasteiger partial charge on any atom is 0.0575 e. The Morgan fingerprint density at radius 1 is 0.422 bits per heavy atom. The largest absolute Gasteiger partial charge is 0.378 e. The summed E-state index contributed by atoms with van der Waals surface area (Å²) in [5.41, 5.74) is 0. The van der Waals surface area contributed by atoms with Crippen molar-refractivity contribution in [3.63, 3.8) is 0 Å². The van der Waals surface area contributed by atoms with E-state index in [0.29, 0.717) is 6.10 Å². The second kappa shape index (κ2) is 39.1. The van der Waals surface area contributed by atoms with Crippen molar-refractivity contribution in [2.75, 3.05) is 27.2 Å². The van der Waals surface area contributed by atoms with Crippen LogP contribution < -0.4 is 0 Å². The second-order valence-corrected chi connectivity index (χ2v) is 13.7. The molecule has 0 aromatic rings. The Morgan fingerprint density at radius 2 is 0.800 bits per heavy atom. The van der Waals surface area contributed by atoms with Crippen LogP contribution in [0.4, 0.5) is 0 Å². The minimum absolute atomic E-state index is 0.487. The number of unbranched alkanes of at least 4 members (excludes halogenated alkanes) is 19. The quantitative estimate of drug-likeness (QED) is 0.0506. The Bertz CT molecular complexity index is 613. The maximum atomic E-state index is 6.43. The molecular formula is C43H81NO. The number of nitrogens with zero attached hydrogens (tertiary/aromatic N) is 1. The predicted molar refractivity (Wildman–Crippen MR) is 205 cm³/mol. The monoisotopic (exact) mass is 628 g/mol. The Balaban J connectivity index is 3.88. The van der Waals surface area contributed by atoms with E-state index >= 15 is 0 Å². The van der Waals surface area contributed by atoms with Crippen LogP contribution in [0.3, 0.4) is 0 Å². The first kappa shape index (κ1) is 43.9. The molecule has 2 nitrogen and oxygen atoms in total. The van der Waals surface area contributed by atoms with E-state index in [2.05, 4.69) is 81.5 Å². The molecule has 0 aliphatic carbocycles. The van der Waals surface area contributed by atoms with Gasteiger partial charge in [0.2, 0.25) is 0 Å². The van der Waals surface area contributed by atoms with Crippen molar-refractivity contribution in [3.8, 4) is 0 Å². The highest BCUT2D eigenvalue weighted by Crippen LogP contribution is 2.18. The first-order chi connectivity index (χ1) is 22.2. The summed E-state index contributed by atoms with van der Waals surface area (Å²) in [6.07, 6.45) is 56.1. The highest BCUT2D eigenvalue weighted by molar-refractivity contribution is 4.93. The molecular weight excluding hydrogens is 546 g/mol. The van der Waals surface area contributed by atoms with E-state index in [1.54, 1.807) is 0 Å². The van der Waals surface area contributed by atoms with Crippen molar-refractivity contribution in [2.24, 2.45) is 0 Å². The molecule has 0 rings (SSSR count). The van der Waals surface area contributed by atoms with Crippen LogP contribution in [-0.2, 0) is 4.74 Å². The Morgan fingerprint density at radius 3 is 1.20 bits per heavy atom. The molecule has 0 amide bonds. The fourth-order valence-corrected chi connectivity index (χ4v) is 5.81. The van der Waals surface area contributed by atoms with E-state index < -0.39 is 0 Å². The lowest BCUT2D eigenvalue weighted by Crippen LogP contribution is -2.16. The molecule has 0 aromatic carbocycles. The van der Waals surface area contributed by atoms with Crippen LogP contribution >= 0.6 is 0 Å². The Hall–Kier alpha value is -1.12. The molecule has 0 unspecified atom stereocenters. The molecule has 264 valence electrons. The summed E-state index contributed by atoms with van der Waals surface area (Å²) in [7, 11) is 4.33. The average Bonchev–Trinajstić information content (AvgIpc) is 3.03.